The first-order chi connectivity index (χ1) is 8.49. The molecule has 1 aliphatic heterocycles. The van der Waals surface area contributed by atoms with Gasteiger partial charge in [-0.25, -0.2) is 9.38 Å². The number of amides is 1. The molecule has 1 unspecified atom stereocenters. The van der Waals surface area contributed by atoms with Crippen molar-refractivity contribution in [1.29, 1.82) is 0 Å². The fourth-order valence-electron chi connectivity index (χ4n) is 1.69. The van der Waals surface area contributed by atoms with Crippen molar-refractivity contribution >= 4 is 23.5 Å². The van der Waals surface area contributed by atoms with Crippen LogP contribution in [0.3, 0.4) is 0 Å². The average molecular weight is 270 g/mol. The summed E-state index contributed by atoms with van der Waals surface area (Å²) in [6, 6.07) is 3.78. The van der Waals surface area contributed by atoms with Gasteiger partial charge in [-0.1, -0.05) is 23.7 Å². The third kappa shape index (κ3) is 2.46. The topological polar surface area (TPSA) is 53.5 Å². The molecule has 0 saturated carbocycles. The van der Waals surface area contributed by atoms with Crippen molar-refractivity contribution in [2.75, 3.05) is 0 Å². The van der Waals surface area contributed by atoms with Crippen LogP contribution in [0.5, 0.6) is 0 Å². The normalized spacial score (nSPS) is 18.8. The molecule has 1 atom stereocenters. The van der Waals surface area contributed by atoms with Gasteiger partial charge in [0.2, 0.25) is 0 Å². The predicted molar refractivity (Wildman–Crippen MR) is 68.0 cm³/mol. The highest BCUT2D eigenvalue weighted by atomic mass is 35.5. The van der Waals surface area contributed by atoms with Crippen LogP contribution in [-0.2, 0) is 4.79 Å². The molecule has 2 rings (SSSR count). The fourth-order valence-corrected chi connectivity index (χ4v) is 1.88. The molecule has 2 N–H and O–H groups in total. The summed E-state index contributed by atoms with van der Waals surface area (Å²) in [6.45, 7) is 3.84. The minimum atomic E-state index is -0.884. The third-order valence-corrected chi connectivity index (χ3v) is 2.74. The molecule has 0 radical (unpaired) electrons. The van der Waals surface area contributed by atoms with E-state index < -0.39 is 11.9 Å². The van der Waals surface area contributed by atoms with Crippen LogP contribution in [-0.4, -0.2) is 17.9 Å². The van der Waals surface area contributed by atoms with E-state index in [1.165, 1.54) is 12.1 Å². The standard InChI is InChI=1S/C12H13ClFN3O/c1-6(2)15-12-16-10(11(18)17-12)7-4-3-5-8(13)9(7)14/h3-6,10H,1-2H3,(H2,15,16,17,18). The second-order valence-electron chi connectivity index (χ2n) is 4.31. The molecule has 1 heterocycles. The zero-order valence-electron chi connectivity index (χ0n) is 10.00. The molecule has 0 aliphatic carbocycles. The first-order valence-corrected chi connectivity index (χ1v) is 5.96. The van der Waals surface area contributed by atoms with E-state index in [1.54, 1.807) is 6.07 Å². The number of nitrogens with one attached hydrogen (secondary N) is 2. The Morgan fingerprint density at radius 1 is 1.50 bits per heavy atom. The van der Waals surface area contributed by atoms with Crippen molar-refractivity contribution in [3.63, 3.8) is 0 Å². The van der Waals surface area contributed by atoms with Crippen LogP contribution < -0.4 is 10.6 Å². The molecule has 1 amide bonds. The molecule has 0 spiro atoms. The maximum atomic E-state index is 13.8. The van der Waals surface area contributed by atoms with Gasteiger partial charge in [-0.05, 0) is 19.9 Å². The van der Waals surface area contributed by atoms with Crippen LogP contribution in [0.2, 0.25) is 5.02 Å². The number of nitrogens with zero attached hydrogens (tertiary/aromatic N) is 1. The number of carbonyl (C=O) groups excluding carboxylic acids is 1. The Kier molecular flexibility index (Phi) is 3.52. The Morgan fingerprint density at radius 2 is 2.22 bits per heavy atom. The highest BCUT2D eigenvalue weighted by Crippen LogP contribution is 2.27. The Bertz CT molecular complexity index is 516. The number of aliphatic imine (C=N–C) groups is 1. The number of rotatable bonds is 2. The highest BCUT2D eigenvalue weighted by molar-refractivity contribution is 6.30. The lowest BCUT2D eigenvalue weighted by atomic mass is 10.1. The van der Waals surface area contributed by atoms with Gasteiger partial charge in [0, 0.05) is 11.6 Å². The molecule has 1 aromatic carbocycles. The number of hydrogen-bond acceptors (Lipinski definition) is 3. The lowest BCUT2D eigenvalue weighted by Gasteiger charge is -2.07. The van der Waals surface area contributed by atoms with Crippen molar-refractivity contribution in [3.05, 3.63) is 34.6 Å². The third-order valence-electron chi connectivity index (χ3n) is 2.45. The van der Waals surface area contributed by atoms with Gasteiger partial charge in [-0.3, -0.25) is 10.1 Å². The summed E-state index contributed by atoms with van der Waals surface area (Å²) >= 11 is 5.69. The molecular weight excluding hydrogens is 257 g/mol. The Labute approximate surface area is 109 Å². The summed E-state index contributed by atoms with van der Waals surface area (Å²) in [6.07, 6.45) is 0. The van der Waals surface area contributed by atoms with Crippen molar-refractivity contribution in [2.24, 2.45) is 4.99 Å². The second-order valence-corrected chi connectivity index (χ2v) is 4.72. The first-order valence-electron chi connectivity index (χ1n) is 5.58. The van der Waals surface area contributed by atoms with Crippen molar-refractivity contribution < 1.29 is 9.18 Å². The summed E-state index contributed by atoms with van der Waals surface area (Å²) in [5.41, 5.74) is 0.181. The van der Waals surface area contributed by atoms with Gasteiger partial charge in [0.25, 0.3) is 5.91 Å². The van der Waals surface area contributed by atoms with Gasteiger partial charge in [-0.2, -0.15) is 0 Å². The summed E-state index contributed by atoms with van der Waals surface area (Å²) in [7, 11) is 0. The largest absolute Gasteiger partial charge is 0.354 e. The van der Waals surface area contributed by atoms with E-state index in [1.807, 2.05) is 13.8 Å². The van der Waals surface area contributed by atoms with Gasteiger partial charge in [-0.15, -0.1) is 0 Å². The van der Waals surface area contributed by atoms with Crippen LogP contribution in [0.15, 0.2) is 23.2 Å². The second kappa shape index (κ2) is 4.94. The monoisotopic (exact) mass is 269 g/mol. The summed E-state index contributed by atoms with van der Waals surface area (Å²) in [5.74, 6) is -0.604. The Balaban J connectivity index is 2.31. The zero-order chi connectivity index (χ0) is 13.3. The molecular formula is C12H13ClFN3O. The van der Waals surface area contributed by atoms with E-state index in [-0.39, 0.29) is 22.5 Å². The summed E-state index contributed by atoms with van der Waals surface area (Å²) < 4.78 is 13.8. The molecule has 4 nitrogen and oxygen atoms in total. The van der Waals surface area contributed by atoms with E-state index in [9.17, 15) is 9.18 Å². The van der Waals surface area contributed by atoms with E-state index in [0.717, 1.165) is 0 Å². The molecule has 0 bridgehead atoms. The van der Waals surface area contributed by atoms with E-state index in [4.69, 9.17) is 11.6 Å². The van der Waals surface area contributed by atoms with E-state index >= 15 is 0 Å². The first kappa shape index (κ1) is 12.8. The van der Waals surface area contributed by atoms with Crippen molar-refractivity contribution in [2.45, 2.75) is 25.9 Å². The van der Waals surface area contributed by atoms with Crippen LogP contribution in [0.1, 0.15) is 25.5 Å². The lowest BCUT2D eigenvalue weighted by Crippen LogP contribution is -2.40. The maximum absolute atomic E-state index is 13.8. The molecule has 1 aliphatic rings. The summed E-state index contributed by atoms with van der Waals surface area (Å²) in [4.78, 5) is 15.9. The van der Waals surface area contributed by atoms with Crippen LogP contribution >= 0.6 is 11.6 Å². The molecule has 0 saturated heterocycles. The van der Waals surface area contributed by atoms with E-state index in [0.29, 0.717) is 5.96 Å². The number of carbonyl (C=O) groups is 1. The molecule has 0 aromatic heterocycles. The molecule has 6 heteroatoms. The maximum Gasteiger partial charge on any atom is 0.256 e. The predicted octanol–water partition coefficient (Wildman–Crippen LogP) is 2.00. The Morgan fingerprint density at radius 3 is 2.89 bits per heavy atom. The average Bonchev–Trinajstić information content (AvgIpc) is 2.62. The molecule has 1 aromatic rings. The Hall–Kier alpha value is -1.62. The van der Waals surface area contributed by atoms with Crippen LogP contribution in [0, 0.1) is 5.82 Å². The highest BCUT2D eigenvalue weighted by Gasteiger charge is 2.30. The lowest BCUT2D eigenvalue weighted by molar-refractivity contribution is -0.120. The quantitative estimate of drug-likeness (QED) is 0.863. The van der Waals surface area contributed by atoms with Crippen LogP contribution in [0.4, 0.5) is 4.39 Å². The van der Waals surface area contributed by atoms with Crippen molar-refractivity contribution in [3.8, 4) is 0 Å². The molecule has 18 heavy (non-hydrogen) atoms. The van der Waals surface area contributed by atoms with E-state index in [2.05, 4.69) is 15.6 Å². The van der Waals surface area contributed by atoms with Gasteiger partial charge in [0.1, 0.15) is 5.82 Å². The smallest absolute Gasteiger partial charge is 0.256 e. The minimum Gasteiger partial charge on any atom is -0.354 e. The SMILES string of the molecule is CC(C)NC1=NC(c2cccc(Cl)c2F)C(=O)N1. The number of guanidine groups is 1. The van der Waals surface area contributed by atoms with Gasteiger partial charge >= 0.3 is 0 Å². The number of halogens is 2. The molecule has 0 fully saturated rings. The minimum absolute atomic E-state index is 0.0132. The van der Waals surface area contributed by atoms with Gasteiger partial charge < -0.3 is 5.32 Å². The molecule has 96 valence electrons. The van der Waals surface area contributed by atoms with Gasteiger partial charge in [0.05, 0.1) is 5.02 Å². The van der Waals surface area contributed by atoms with Crippen LogP contribution in [0.25, 0.3) is 0 Å². The fraction of sp³-hybridized carbons (Fsp3) is 0.333. The van der Waals surface area contributed by atoms with Crippen molar-refractivity contribution in [1.82, 2.24) is 10.6 Å². The zero-order valence-corrected chi connectivity index (χ0v) is 10.8. The number of benzene rings is 1. The number of hydrogen-bond donors (Lipinski definition) is 2. The van der Waals surface area contributed by atoms with Gasteiger partial charge in [0.15, 0.2) is 12.0 Å². The summed E-state index contributed by atoms with van der Waals surface area (Å²) in [5, 5.41) is 5.53.